The van der Waals surface area contributed by atoms with Gasteiger partial charge in [0, 0.05) is 17.7 Å². The summed E-state index contributed by atoms with van der Waals surface area (Å²) in [5.41, 5.74) is 2.92. The molecule has 4 rings (SSSR count). The molecule has 0 aliphatic rings. The third-order valence-corrected chi connectivity index (χ3v) is 5.63. The molecule has 0 unspecified atom stereocenters. The molecule has 9 heteroatoms. The summed E-state index contributed by atoms with van der Waals surface area (Å²) in [7, 11) is 3.03. The number of aromatic nitrogens is 3. The highest BCUT2D eigenvalue weighted by Crippen LogP contribution is 2.37. The Labute approximate surface area is 196 Å². The zero-order valence-corrected chi connectivity index (χ0v) is 20.1. The van der Waals surface area contributed by atoms with Gasteiger partial charge >= 0.3 is 0 Å². The molecular formula is C24H25ClN4O4. The fraction of sp³-hybridized carbons (Fsp3) is 0.292. The number of pyridine rings is 1. The predicted octanol–water partition coefficient (Wildman–Crippen LogP) is 5.81. The van der Waals surface area contributed by atoms with Crippen molar-refractivity contribution in [2.75, 3.05) is 19.5 Å². The van der Waals surface area contributed by atoms with Crippen molar-refractivity contribution in [1.82, 2.24) is 14.8 Å². The summed E-state index contributed by atoms with van der Waals surface area (Å²) >= 11 is 6.28. The molecule has 1 aromatic carbocycles. The van der Waals surface area contributed by atoms with Crippen LogP contribution in [0.4, 0.5) is 5.69 Å². The fourth-order valence-corrected chi connectivity index (χ4v) is 4.00. The molecule has 4 aromatic rings. The second-order valence-corrected chi connectivity index (χ2v) is 8.35. The van der Waals surface area contributed by atoms with Crippen LogP contribution >= 0.6 is 11.6 Å². The minimum Gasteiger partial charge on any atom is -0.495 e. The Morgan fingerprint density at radius 1 is 1.12 bits per heavy atom. The van der Waals surface area contributed by atoms with Gasteiger partial charge in [-0.2, -0.15) is 5.10 Å². The average Bonchev–Trinajstić information content (AvgIpc) is 3.35. The van der Waals surface area contributed by atoms with Crippen LogP contribution in [-0.4, -0.2) is 34.9 Å². The summed E-state index contributed by atoms with van der Waals surface area (Å²) < 4.78 is 18.1. The van der Waals surface area contributed by atoms with Crippen LogP contribution in [0.5, 0.6) is 11.5 Å². The Morgan fingerprint density at radius 3 is 2.45 bits per heavy atom. The first-order valence-corrected chi connectivity index (χ1v) is 10.8. The van der Waals surface area contributed by atoms with E-state index >= 15 is 0 Å². The molecule has 0 saturated heterocycles. The maximum absolute atomic E-state index is 13.5. The van der Waals surface area contributed by atoms with Gasteiger partial charge in [-0.05, 0) is 45.9 Å². The van der Waals surface area contributed by atoms with E-state index in [1.165, 1.54) is 14.2 Å². The lowest BCUT2D eigenvalue weighted by Crippen LogP contribution is -2.14. The van der Waals surface area contributed by atoms with Crippen LogP contribution in [0.3, 0.4) is 0 Å². The zero-order valence-electron chi connectivity index (χ0n) is 19.3. The molecular weight excluding hydrogens is 444 g/mol. The first kappa shape index (κ1) is 22.7. The number of carbonyl (C=O) groups is 1. The molecule has 0 fully saturated rings. The van der Waals surface area contributed by atoms with Gasteiger partial charge in [-0.1, -0.05) is 11.6 Å². The highest BCUT2D eigenvalue weighted by atomic mass is 35.5. The third kappa shape index (κ3) is 4.14. The van der Waals surface area contributed by atoms with Crippen LogP contribution in [0.15, 0.2) is 34.9 Å². The van der Waals surface area contributed by atoms with Crippen molar-refractivity contribution in [2.24, 2.45) is 0 Å². The normalized spacial score (nSPS) is 11.3. The van der Waals surface area contributed by atoms with Gasteiger partial charge in [-0.15, -0.1) is 0 Å². The van der Waals surface area contributed by atoms with Crippen molar-refractivity contribution in [1.29, 1.82) is 0 Å². The maximum atomic E-state index is 13.5. The van der Waals surface area contributed by atoms with E-state index in [1.54, 1.807) is 29.1 Å². The van der Waals surface area contributed by atoms with Crippen molar-refractivity contribution in [2.45, 2.75) is 33.7 Å². The van der Waals surface area contributed by atoms with E-state index in [0.29, 0.717) is 44.5 Å². The molecule has 8 nitrogen and oxygen atoms in total. The molecule has 0 aliphatic heterocycles. The van der Waals surface area contributed by atoms with E-state index in [1.807, 2.05) is 33.8 Å². The van der Waals surface area contributed by atoms with E-state index < -0.39 is 0 Å². The fourth-order valence-electron chi connectivity index (χ4n) is 3.75. The van der Waals surface area contributed by atoms with Gasteiger partial charge in [-0.3, -0.25) is 4.79 Å². The molecule has 1 N–H and O–H groups in total. The number of ether oxygens (including phenoxy) is 2. The second kappa shape index (κ2) is 8.78. The summed E-state index contributed by atoms with van der Waals surface area (Å²) in [5, 5.41) is 8.37. The zero-order chi connectivity index (χ0) is 23.9. The lowest BCUT2D eigenvalue weighted by Gasteiger charge is -2.14. The number of hydrogen-bond donors (Lipinski definition) is 1. The number of nitrogens with one attached hydrogen (secondary N) is 1. The number of rotatable bonds is 6. The highest BCUT2D eigenvalue weighted by molar-refractivity contribution is 6.32. The number of carbonyl (C=O) groups excluding carboxylic acids is 1. The number of fused-ring (bicyclic) bond motifs is 1. The Balaban J connectivity index is 1.85. The van der Waals surface area contributed by atoms with E-state index in [0.717, 1.165) is 17.1 Å². The molecule has 3 aromatic heterocycles. The molecule has 0 bridgehead atoms. The van der Waals surface area contributed by atoms with Crippen molar-refractivity contribution < 1.29 is 18.7 Å². The van der Waals surface area contributed by atoms with Crippen molar-refractivity contribution in [3.05, 3.63) is 52.6 Å². The number of furan rings is 1. The highest BCUT2D eigenvalue weighted by Gasteiger charge is 2.22. The Kier molecular flexibility index (Phi) is 6.03. The monoisotopic (exact) mass is 468 g/mol. The van der Waals surface area contributed by atoms with E-state index in [9.17, 15) is 4.79 Å². The maximum Gasteiger partial charge on any atom is 0.256 e. The smallest absolute Gasteiger partial charge is 0.256 e. The Hall–Kier alpha value is -3.52. The molecule has 0 spiro atoms. The van der Waals surface area contributed by atoms with Gasteiger partial charge in [0.1, 0.15) is 23.0 Å². The molecule has 172 valence electrons. The van der Waals surface area contributed by atoms with E-state index in [2.05, 4.69) is 10.4 Å². The first-order valence-electron chi connectivity index (χ1n) is 10.4. The number of anilines is 1. The number of methoxy groups -OCH3 is 2. The standard InChI is InChI=1S/C24H25ClN4O4/c1-12(2)29-23-17(11-26-29)16(8-19(27-23)15-7-13(3)33-14(15)4)24(30)28-20-9-18(25)21(31-5)10-22(20)32-6/h7-12H,1-6H3,(H,28,30). The van der Waals surface area contributed by atoms with Gasteiger partial charge in [0.15, 0.2) is 5.65 Å². The van der Waals surface area contributed by atoms with Crippen LogP contribution in [0.2, 0.25) is 5.02 Å². The Morgan fingerprint density at radius 2 is 1.85 bits per heavy atom. The van der Waals surface area contributed by atoms with Crippen molar-refractivity contribution >= 4 is 34.2 Å². The number of aryl methyl sites for hydroxylation is 2. The minimum atomic E-state index is -0.343. The molecule has 0 atom stereocenters. The minimum absolute atomic E-state index is 0.0637. The second-order valence-electron chi connectivity index (χ2n) is 7.94. The summed E-state index contributed by atoms with van der Waals surface area (Å²) in [5.74, 6) is 2.03. The molecule has 0 radical (unpaired) electrons. The summed E-state index contributed by atoms with van der Waals surface area (Å²) in [4.78, 5) is 18.3. The third-order valence-electron chi connectivity index (χ3n) is 5.34. The number of amides is 1. The van der Waals surface area contributed by atoms with E-state index in [-0.39, 0.29) is 11.9 Å². The van der Waals surface area contributed by atoms with Crippen molar-refractivity contribution in [3.8, 4) is 22.8 Å². The number of halogens is 1. The van der Waals surface area contributed by atoms with E-state index in [4.69, 9.17) is 30.5 Å². The molecule has 33 heavy (non-hydrogen) atoms. The Bertz CT molecular complexity index is 1360. The quantitative estimate of drug-likeness (QED) is 0.384. The van der Waals surface area contributed by atoms with Crippen LogP contribution < -0.4 is 14.8 Å². The molecule has 3 heterocycles. The molecule has 0 saturated carbocycles. The lowest BCUT2D eigenvalue weighted by atomic mass is 10.1. The molecule has 1 amide bonds. The summed E-state index contributed by atoms with van der Waals surface area (Å²) in [6.45, 7) is 7.77. The predicted molar refractivity (Wildman–Crippen MR) is 128 cm³/mol. The number of nitrogens with zero attached hydrogens (tertiary/aromatic N) is 3. The number of benzene rings is 1. The lowest BCUT2D eigenvalue weighted by molar-refractivity contribution is 0.102. The van der Waals surface area contributed by atoms with Crippen LogP contribution in [0.1, 0.15) is 41.8 Å². The number of hydrogen-bond acceptors (Lipinski definition) is 6. The van der Waals surface area contributed by atoms with Gasteiger partial charge < -0.3 is 19.2 Å². The average molecular weight is 469 g/mol. The first-order chi connectivity index (χ1) is 15.7. The topological polar surface area (TPSA) is 91.4 Å². The van der Waals surface area contributed by atoms with Gasteiger partial charge in [0.2, 0.25) is 0 Å². The van der Waals surface area contributed by atoms with Gasteiger partial charge in [0.05, 0.1) is 47.8 Å². The van der Waals surface area contributed by atoms with Crippen LogP contribution in [0.25, 0.3) is 22.3 Å². The van der Waals surface area contributed by atoms with Crippen molar-refractivity contribution in [3.63, 3.8) is 0 Å². The molecule has 0 aliphatic carbocycles. The van der Waals surface area contributed by atoms with Crippen LogP contribution in [-0.2, 0) is 0 Å². The SMILES string of the molecule is COc1cc(OC)c(NC(=O)c2cc(-c3cc(C)oc3C)nc3c2cnn3C(C)C)cc1Cl. The summed E-state index contributed by atoms with van der Waals surface area (Å²) in [6.07, 6.45) is 1.66. The van der Waals surface area contributed by atoms with Gasteiger partial charge in [-0.25, -0.2) is 9.67 Å². The summed E-state index contributed by atoms with van der Waals surface area (Å²) in [6, 6.07) is 6.94. The van der Waals surface area contributed by atoms with Gasteiger partial charge in [0.25, 0.3) is 5.91 Å². The largest absolute Gasteiger partial charge is 0.495 e. The van der Waals surface area contributed by atoms with Crippen LogP contribution in [0, 0.1) is 13.8 Å².